The van der Waals surface area contributed by atoms with Crippen LogP contribution in [0.15, 0.2) is 22.7 Å². The average molecular weight is 312 g/mol. The lowest BCUT2D eigenvalue weighted by atomic mass is 10.1. The summed E-state index contributed by atoms with van der Waals surface area (Å²) in [4.78, 5) is 2.14. The summed E-state index contributed by atoms with van der Waals surface area (Å²) >= 11 is 3.34. The van der Waals surface area contributed by atoms with Crippen LogP contribution in [0.4, 0.5) is 4.39 Å². The number of rotatable bonds is 2. The van der Waals surface area contributed by atoms with Gasteiger partial charge in [-0.05, 0) is 30.7 Å². The second kappa shape index (κ2) is 6.28. The average Bonchev–Trinajstić information content (AvgIpc) is 2.62. The summed E-state index contributed by atoms with van der Waals surface area (Å²) in [6, 6.07) is 6.50. The molecule has 0 aliphatic carbocycles. The summed E-state index contributed by atoms with van der Waals surface area (Å²) < 4.78 is 13.7. The topological polar surface area (TPSA) is 39.1 Å². The van der Waals surface area contributed by atoms with E-state index < -0.39 is 0 Å². The fourth-order valence-corrected chi connectivity index (χ4v) is 2.76. The maximum absolute atomic E-state index is 13.1. The van der Waals surface area contributed by atoms with Gasteiger partial charge in [-0.1, -0.05) is 22.0 Å². The molecule has 1 aliphatic rings. The van der Waals surface area contributed by atoms with Crippen LogP contribution in [0.2, 0.25) is 0 Å². The van der Waals surface area contributed by atoms with Crippen LogP contribution < -0.4 is 5.32 Å². The van der Waals surface area contributed by atoms with E-state index in [1.165, 1.54) is 12.1 Å². The predicted octanol–water partition coefficient (Wildman–Crippen LogP) is 2.45. The van der Waals surface area contributed by atoms with Gasteiger partial charge in [-0.3, -0.25) is 4.90 Å². The van der Waals surface area contributed by atoms with E-state index in [-0.39, 0.29) is 11.9 Å². The lowest BCUT2D eigenvalue weighted by molar-refractivity contribution is 0.252. The molecule has 1 heterocycles. The van der Waals surface area contributed by atoms with Crippen LogP contribution in [0.3, 0.4) is 0 Å². The molecule has 0 radical (unpaired) electrons. The number of hydrogen-bond acceptors (Lipinski definition) is 3. The van der Waals surface area contributed by atoms with Gasteiger partial charge in [-0.15, -0.1) is 0 Å². The van der Waals surface area contributed by atoms with Crippen molar-refractivity contribution in [3.05, 3.63) is 34.1 Å². The number of nitrogens with one attached hydrogen (secondary N) is 1. The molecule has 1 aromatic carbocycles. The fraction of sp³-hybridized carbons (Fsp3) is 0.462. The SMILES string of the molecule is N#CC(c1ccc(F)cc1Br)N1CCCNCC1. The summed E-state index contributed by atoms with van der Waals surface area (Å²) in [6.45, 7) is 3.59. The summed E-state index contributed by atoms with van der Waals surface area (Å²) in [5.74, 6) is -0.292. The fourth-order valence-electron chi connectivity index (χ4n) is 2.20. The molecule has 0 spiro atoms. The quantitative estimate of drug-likeness (QED) is 0.912. The van der Waals surface area contributed by atoms with Gasteiger partial charge in [0.15, 0.2) is 0 Å². The van der Waals surface area contributed by atoms with Gasteiger partial charge in [-0.2, -0.15) is 5.26 Å². The van der Waals surface area contributed by atoms with E-state index in [0.717, 1.165) is 38.2 Å². The highest BCUT2D eigenvalue weighted by Gasteiger charge is 2.22. The Bertz CT molecular complexity index is 450. The van der Waals surface area contributed by atoms with E-state index in [9.17, 15) is 9.65 Å². The Morgan fingerprint density at radius 2 is 2.22 bits per heavy atom. The molecular formula is C13H15BrFN3. The Balaban J connectivity index is 2.24. The second-order valence-electron chi connectivity index (χ2n) is 4.34. The monoisotopic (exact) mass is 311 g/mol. The van der Waals surface area contributed by atoms with Crippen molar-refractivity contribution in [3.63, 3.8) is 0 Å². The molecule has 1 unspecified atom stereocenters. The van der Waals surface area contributed by atoms with Gasteiger partial charge >= 0.3 is 0 Å². The molecule has 1 fully saturated rings. The van der Waals surface area contributed by atoms with Crippen molar-refractivity contribution in [2.45, 2.75) is 12.5 Å². The van der Waals surface area contributed by atoms with Gasteiger partial charge in [0.25, 0.3) is 0 Å². The molecule has 0 bridgehead atoms. The third kappa shape index (κ3) is 3.08. The molecular weight excluding hydrogens is 297 g/mol. The number of nitrogens with zero attached hydrogens (tertiary/aromatic N) is 2. The van der Waals surface area contributed by atoms with Gasteiger partial charge in [-0.25, -0.2) is 4.39 Å². The van der Waals surface area contributed by atoms with E-state index in [2.05, 4.69) is 32.2 Å². The van der Waals surface area contributed by atoms with E-state index in [1.54, 1.807) is 6.07 Å². The molecule has 2 rings (SSSR count). The Labute approximate surface area is 115 Å². The molecule has 0 saturated carbocycles. The first-order valence-electron chi connectivity index (χ1n) is 6.01. The molecule has 96 valence electrons. The highest BCUT2D eigenvalue weighted by atomic mass is 79.9. The van der Waals surface area contributed by atoms with Gasteiger partial charge in [0.2, 0.25) is 0 Å². The number of halogens is 2. The van der Waals surface area contributed by atoms with Crippen molar-refractivity contribution < 1.29 is 4.39 Å². The molecule has 1 atom stereocenters. The highest BCUT2D eigenvalue weighted by Crippen LogP contribution is 2.28. The number of hydrogen-bond donors (Lipinski definition) is 1. The third-order valence-electron chi connectivity index (χ3n) is 3.12. The maximum Gasteiger partial charge on any atom is 0.125 e. The first-order chi connectivity index (χ1) is 8.72. The standard InChI is InChI=1S/C13H15BrFN3/c14-12-8-10(15)2-3-11(12)13(9-16)18-6-1-4-17-5-7-18/h2-3,8,13,17H,1,4-7H2. The van der Waals surface area contributed by atoms with Crippen LogP contribution in [0, 0.1) is 17.1 Å². The molecule has 3 nitrogen and oxygen atoms in total. The third-order valence-corrected chi connectivity index (χ3v) is 3.81. The zero-order chi connectivity index (χ0) is 13.0. The number of nitriles is 1. The Morgan fingerprint density at radius 3 is 2.94 bits per heavy atom. The first-order valence-corrected chi connectivity index (χ1v) is 6.81. The second-order valence-corrected chi connectivity index (χ2v) is 5.19. The van der Waals surface area contributed by atoms with Gasteiger partial charge in [0.05, 0.1) is 6.07 Å². The van der Waals surface area contributed by atoms with Crippen LogP contribution in [0.5, 0.6) is 0 Å². The summed E-state index contributed by atoms with van der Waals surface area (Å²) in [7, 11) is 0. The first kappa shape index (κ1) is 13.5. The minimum atomic E-state index is -0.320. The molecule has 1 aromatic rings. The highest BCUT2D eigenvalue weighted by molar-refractivity contribution is 9.10. The summed E-state index contributed by atoms with van der Waals surface area (Å²) in [5, 5.41) is 12.7. The van der Waals surface area contributed by atoms with Crippen molar-refractivity contribution in [2.75, 3.05) is 26.2 Å². The molecule has 1 saturated heterocycles. The lowest BCUT2D eigenvalue weighted by Gasteiger charge is -2.26. The largest absolute Gasteiger partial charge is 0.315 e. The van der Waals surface area contributed by atoms with Gasteiger partial charge in [0, 0.05) is 24.1 Å². The van der Waals surface area contributed by atoms with E-state index in [4.69, 9.17) is 0 Å². The Hall–Kier alpha value is -0.960. The van der Waals surface area contributed by atoms with Gasteiger partial charge < -0.3 is 5.32 Å². The van der Waals surface area contributed by atoms with E-state index >= 15 is 0 Å². The van der Waals surface area contributed by atoms with Crippen molar-refractivity contribution in [3.8, 4) is 6.07 Å². The van der Waals surface area contributed by atoms with Crippen LogP contribution in [0.1, 0.15) is 18.0 Å². The summed E-state index contributed by atoms with van der Waals surface area (Å²) in [5.41, 5.74) is 0.834. The van der Waals surface area contributed by atoms with Crippen LogP contribution in [-0.2, 0) is 0 Å². The minimum absolute atomic E-state index is 0.292. The van der Waals surface area contributed by atoms with Crippen LogP contribution in [-0.4, -0.2) is 31.1 Å². The Morgan fingerprint density at radius 1 is 1.39 bits per heavy atom. The zero-order valence-electron chi connectivity index (χ0n) is 10.00. The number of benzene rings is 1. The summed E-state index contributed by atoms with van der Waals surface area (Å²) in [6.07, 6.45) is 1.02. The molecule has 0 amide bonds. The van der Waals surface area contributed by atoms with Crippen LogP contribution >= 0.6 is 15.9 Å². The molecule has 0 aromatic heterocycles. The predicted molar refractivity (Wildman–Crippen MR) is 71.5 cm³/mol. The lowest BCUT2D eigenvalue weighted by Crippen LogP contribution is -2.31. The van der Waals surface area contributed by atoms with Crippen molar-refractivity contribution in [1.29, 1.82) is 5.26 Å². The van der Waals surface area contributed by atoms with E-state index in [0.29, 0.717) is 4.47 Å². The minimum Gasteiger partial charge on any atom is -0.315 e. The van der Waals surface area contributed by atoms with Gasteiger partial charge in [0.1, 0.15) is 11.9 Å². The molecule has 1 aliphatic heterocycles. The van der Waals surface area contributed by atoms with Crippen LogP contribution in [0.25, 0.3) is 0 Å². The smallest absolute Gasteiger partial charge is 0.125 e. The molecule has 1 N–H and O–H groups in total. The van der Waals surface area contributed by atoms with Crippen molar-refractivity contribution >= 4 is 15.9 Å². The zero-order valence-corrected chi connectivity index (χ0v) is 11.6. The molecule has 5 heteroatoms. The maximum atomic E-state index is 13.1. The van der Waals surface area contributed by atoms with Crippen molar-refractivity contribution in [2.24, 2.45) is 0 Å². The van der Waals surface area contributed by atoms with Crippen molar-refractivity contribution in [1.82, 2.24) is 10.2 Å². The normalized spacial score (nSPS) is 18.9. The Kier molecular flexibility index (Phi) is 4.70. The van der Waals surface area contributed by atoms with E-state index in [1.807, 2.05) is 0 Å². The molecule has 18 heavy (non-hydrogen) atoms.